The van der Waals surface area contributed by atoms with Crippen molar-refractivity contribution in [1.82, 2.24) is 24.7 Å². The Morgan fingerprint density at radius 1 is 1.12 bits per heavy atom. The fourth-order valence-electron chi connectivity index (χ4n) is 7.32. The number of sulfone groups is 1. The molecule has 1 aliphatic rings. The number of nitrogens with zero attached hydrogens (tertiary/aromatic N) is 4. The first-order chi connectivity index (χ1) is 24.0. The second-order valence-electron chi connectivity index (χ2n) is 15.4. The van der Waals surface area contributed by atoms with Gasteiger partial charge in [0.2, 0.25) is 0 Å². The largest absolute Gasteiger partial charge is 0.469 e. The van der Waals surface area contributed by atoms with Crippen LogP contribution in [0.4, 0.5) is 4.39 Å². The van der Waals surface area contributed by atoms with Gasteiger partial charge in [0.1, 0.15) is 11.5 Å². The number of esters is 1. The number of aromatic nitrogens is 5. The number of hydrogen-bond acceptors (Lipinski definition) is 8. The molecule has 0 saturated carbocycles. The van der Waals surface area contributed by atoms with Gasteiger partial charge in [-0.15, -0.1) is 0 Å². The molecular formula is C39H46FN5O4S2. The molecule has 0 aliphatic carbocycles. The van der Waals surface area contributed by atoms with Crippen molar-refractivity contribution < 1.29 is 22.3 Å². The summed E-state index contributed by atoms with van der Waals surface area (Å²) in [6, 6.07) is 15.2. The Kier molecular flexibility index (Phi) is 9.97. The zero-order valence-corrected chi connectivity index (χ0v) is 32.0. The summed E-state index contributed by atoms with van der Waals surface area (Å²) < 4.78 is 50.0. The number of ether oxygens (including phenoxy) is 1. The van der Waals surface area contributed by atoms with Gasteiger partial charge in [-0.25, -0.2) is 22.5 Å². The Morgan fingerprint density at radius 2 is 1.90 bits per heavy atom. The van der Waals surface area contributed by atoms with E-state index in [0.29, 0.717) is 59.0 Å². The minimum atomic E-state index is -3.50. The second kappa shape index (κ2) is 13.8. The van der Waals surface area contributed by atoms with E-state index in [9.17, 15) is 13.2 Å². The Morgan fingerprint density at radius 3 is 2.67 bits per heavy atom. The fourth-order valence-corrected chi connectivity index (χ4v) is 10.3. The number of pyridine rings is 1. The summed E-state index contributed by atoms with van der Waals surface area (Å²) in [5.41, 5.74) is 2.00. The molecule has 0 spiro atoms. The first kappa shape index (κ1) is 36.8. The summed E-state index contributed by atoms with van der Waals surface area (Å²) in [7, 11) is -0.252. The van der Waals surface area contributed by atoms with Gasteiger partial charge in [0.25, 0.3) is 0 Å². The molecule has 5 aromatic rings. The number of nitrogens with one attached hydrogen (secondary N) is 1. The number of halogens is 1. The molecule has 0 unspecified atom stereocenters. The molecule has 4 heterocycles. The molecule has 0 radical (unpaired) electrons. The summed E-state index contributed by atoms with van der Waals surface area (Å²) in [5.74, 6) is 0.436. The Bertz CT molecular complexity index is 2210. The SMILES string of the molecule is COC(=O)C(C)(C)Cc1cccc([C@@]2(C)CCCC(C)(C)CS(=O)(=O)CCc3c(c(F)cc4[nH]ccc34)Sc3ccnc(c3)-c3nc2nn3C)c1. The summed E-state index contributed by atoms with van der Waals surface area (Å²) in [6.45, 7) is 9.87. The van der Waals surface area contributed by atoms with E-state index in [0.717, 1.165) is 21.4 Å². The lowest BCUT2D eigenvalue weighted by atomic mass is 9.74. The Balaban J connectivity index is 1.47. The maximum atomic E-state index is 15.8. The third-order valence-corrected chi connectivity index (χ3v) is 13.2. The lowest BCUT2D eigenvalue weighted by Gasteiger charge is -2.31. The fraction of sp³-hybridized carbons (Fsp3) is 0.436. The highest BCUT2D eigenvalue weighted by Gasteiger charge is 2.37. The monoisotopic (exact) mass is 731 g/mol. The standard InChI is InChI=1S/C39H46FN5O4S2/c1-37(2)15-9-16-39(5,26-11-8-10-25(20-26)23-38(3,4)36(46)49-7)35-43-34(45(6)44-35)32-21-27(12-17-42-32)50-33-29(14-19-51(47,48)24-37)28-13-18-41-31(28)22-30(33)40/h8,10-13,17-18,20-22,41H,9,14-16,19,23-24H2,1-7H3/t39-/m1/s1. The van der Waals surface area contributed by atoms with Crippen molar-refractivity contribution in [2.24, 2.45) is 17.9 Å². The first-order valence-corrected chi connectivity index (χ1v) is 19.9. The maximum Gasteiger partial charge on any atom is 0.311 e. The molecule has 1 aliphatic heterocycles. The molecule has 2 aromatic carbocycles. The van der Waals surface area contributed by atoms with Gasteiger partial charge in [0.15, 0.2) is 21.5 Å². The van der Waals surface area contributed by atoms with Crippen LogP contribution in [0.1, 0.15) is 76.4 Å². The minimum absolute atomic E-state index is 0.0165. The van der Waals surface area contributed by atoms with Gasteiger partial charge in [0, 0.05) is 35.2 Å². The Hall–Kier alpha value is -4.03. The zero-order chi connectivity index (χ0) is 36.8. The first-order valence-electron chi connectivity index (χ1n) is 17.2. The number of carbonyl (C=O) groups excluding carboxylic acids is 1. The topological polar surface area (TPSA) is 120 Å². The summed E-state index contributed by atoms with van der Waals surface area (Å²) in [5, 5.41) is 5.77. The molecule has 6 rings (SSSR count). The van der Waals surface area contributed by atoms with Crippen LogP contribution in [0.25, 0.3) is 22.4 Å². The highest BCUT2D eigenvalue weighted by Crippen LogP contribution is 2.41. The summed E-state index contributed by atoms with van der Waals surface area (Å²) in [6.07, 6.45) is 6.14. The third-order valence-electron chi connectivity index (χ3n) is 10.1. The molecule has 12 heteroatoms. The predicted molar refractivity (Wildman–Crippen MR) is 199 cm³/mol. The van der Waals surface area contributed by atoms with Crippen LogP contribution in [-0.4, -0.2) is 57.7 Å². The number of hydrogen-bond donors (Lipinski definition) is 1. The molecule has 9 nitrogen and oxygen atoms in total. The van der Waals surface area contributed by atoms with Crippen molar-refractivity contribution >= 4 is 38.5 Å². The second-order valence-corrected chi connectivity index (χ2v) is 18.7. The normalized spacial score (nSPS) is 19.5. The number of H-pyrrole nitrogens is 1. The Labute approximate surface area is 303 Å². The average Bonchev–Trinajstić information content (AvgIpc) is 3.69. The van der Waals surface area contributed by atoms with E-state index >= 15 is 4.39 Å². The van der Waals surface area contributed by atoms with Gasteiger partial charge in [-0.2, -0.15) is 5.10 Å². The third kappa shape index (κ3) is 7.77. The smallest absolute Gasteiger partial charge is 0.311 e. The highest BCUT2D eigenvalue weighted by molar-refractivity contribution is 7.99. The zero-order valence-electron chi connectivity index (χ0n) is 30.3. The van der Waals surface area contributed by atoms with Gasteiger partial charge in [-0.1, -0.05) is 56.3 Å². The van der Waals surface area contributed by atoms with Gasteiger partial charge >= 0.3 is 5.97 Å². The lowest BCUT2D eigenvalue weighted by Crippen LogP contribution is -2.30. The quantitative estimate of drug-likeness (QED) is 0.186. The number of fused-ring (bicyclic) bond motifs is 8. The highest BCUT2D eigenvalue weighted by atomic mass is 32.2. The number of carbonyl (C=O) groups is 1. The van der Waals surface area contributed by atoms with Crippen LogP contribution in [0.2, 0.25) is 0 Å². The number of rotatable bonds is 4. The number of aromatic amines is 1. The molecule has 270 valence electrons. The van der Waals surface area contributed by atoms with Crippen LogP contribution >= 0.6 is 11.8 Å². The van der Waals surface area contributed by atoms with E-state index in [1.165, 1.54) is 24.9 Å². The molecular weight excluding hydrogens is 686 g/mol. The molecule has 0 saturated heterocycles. The van der Waals surface area contributed by atoms with Gasteiger partial charge in [0.05, 0.1) is 34.3 Å². The molecule has 1 N–H and O–H groups in total. The van der Waals surface area contributed by atoms with E-state index in [2.05, 4.69) is 29.0 Å². The van der Waals surface area contributed by atoms with Crippen LogP contribution in [0.3, 0.4) is 0 Å². The molecule has 1 atom stereocenters. The van der Waals surface area contributed by atoms with Gasteiger partial charge in [-0.05, 0) is 92.8 Å². The van der Waals surface area contributed by atoms with Crippen molar-refractivity contribution in [2.45, 2.75) is 81.9 Å². The van der Waals surface area contributed by atoms with Crippen molar-refractivity contribution in [2.75, 3.05) is 18.6 Å². The number of aryl methyl sites for hydroxylation is 2. The van der Waals surface area contributed by atoms with E-state index in [1.54, 1.807) is 17.1 Å². The van der Waals surface area contributed by atoms with Crippen molar-refractivity contribution in [3.05, 3.63) is 89.3 Å². The average molecular weight is 732 g/mol. The van der Waals surface area contributed by atoms with E-state index in [4.69, 9.17) is 14.8 Å². The van der Waals surface area contributed by atoms with E-state index < -0.39 is 31.9 Å². The van der Waals surface area contributed by atoms with Gasteiger partial charge in [-0.3, -0.25) is 9.78 Å². The van der Waals surface area contributed by atoms with Crippen LogP contribution in [-0.2, 0) is 44.7 Å². The van der Waals surface area contributed by atoms with Crippen LogP contribution in [0.15, 0.2) is 70.7 Å². The summed E-state index contributed by atoms with van der Waals surface area (Å²) >= 11 is 1.26. The molecule has 0 fully saturated rings. The molecule has 3 aromatic heterocycles. The van der Waals surface area contributed by atoms with Crippen LogP contribution in [0.5, 0.6) is 0 Å². The van der Waals surface area contributed by atoms with Crippen molar-refractivity contribution in [3.63, 3.8) is 0 Å². The number of methoxy groups -OCH3 is 1. The predicted octanol–water partition coefficient (Wildman–Crippen LogP) is 7.86. The summed E-state index contributed by atoms with van der Waals surface area (Å²) in [4.78, 5) is 26.5. The number of benzene rings is 2. The van der Waals surface area contributed by atoms with E-state index in [-0.39, 0.29) is 23.9 Å². The maximum absolute atomic E-state index is 15.8. The van der Waals surface area contributed by atoms with Crippen LogP contribution in [0, 0.1) is 16.6 Å². The molecule has 51 heavy (non-hydrogen) atoms. The van der Waals surface area contributed by atoms with Crippen LogP contribution < -0.4 is 0 Å². The van der Waals surface area contributed by atoms with E-state index in [1.807, 2.05) is 65.1 Å². The van der Waals surface area contributed by atoms with Crippen molar-refractivity contribution in [3.8, 4) is 11.5 Å². The minimum Gasteiger partial charge on any atom is -0.469 e. The lowest BCUT2D eigenvalue weighted by molar-refractivity contribution is -0.150. The molecule has 0 amide bonds. The van der Waals surface area contributed by atoms with Crippen molar-refractivity contribution in [1.29, 1.82) is 0 Å². The van der Waals surface area contributed by atoms with Gasteiger partial charge < -0.3 is 9.72 Å². The molecule has 4 bridgehead atoms.